The van der Waals surface area contributed by atoms with Crippen molar-refractivity contribution < 1.29 is 39.1 Å². The van der Waals surface area contributed by atoms with Gasteiger partial charge in [0.25, 0.3) is 0 Å². The van der Waals surface area contributed by atoms with Crippen LogP contribution in [0.4, 0.5) is 4.39 Å². The molecule has 3 aromatic rings. The predicted molar refractivity (Wildman–Crippen MR) is 123 cm³/mol. The first-order valence-corrected chi connectivity index (χ1v) is 11.3. The van der Waals surface area contributed by atoms with E-state index in [4.69, 9.17) is 21.1 Å². The van der Waals surface area contributed by atoms with Gasteiger partial charge in [-0.3, -0.25) is 4.57 Å². The summed E-state index contributed by atoms with van der Waals surface area (Å²) in [5.74, 6) is -1.57. The van der Waals surface area contributed by atoms with Crippen molar-refractivity contribution in [3.05, 3.63) is 82.1 Å². The lowest BCUT2D eigenvalue weighted by molar-refractivity contribution is -0.305. The van der Waals surface area contributed by atoms with Crippen molar-refractivity contribution >= 4 is 23.3 Å². The number of aryl methyl sites for hydroxylation is 1. The highest BCUT2D eigenvalue weighted by Crippen LogP contribution is 2.36. The van der Waals surface area contributed by atoms with E-state index >= 15 is 0 Å². The molecule has 2 aliphatic rings. The Bertz CT molecular complexity index is 1360. The van der Waals surface area contributed by atoms with Crippen LogP contribution in [0, 0.1) is 12.7 Å². The zero-order valence-corrected chi connectivity index (χ0v) is 19.5. The Hall–Kier alpha value is -3.19. The average molecular weight is 518 g/mol. The molecule has 3 heterocycles. The van der Waals surface area contributed by atoms with Gasteiger partial charge in [0.1, 0.15) is 30.0 Å². The van der Waals surface area contributed by atoms with E-state index in [2.05, 4.69) is 9.98 Å². The first-order chi connectivity index (χ1) is 17.2. The van der Waals surface area contributed by atoms with Gasteiger partial charge in [0.2, 0.25) is 0 Å². The lowest BCUT2D eigenvalue weighted by Gasteiger charge is -2.39. The van der Waals surface area contributed by atoms with E-state index in [9.17, 15) is 29.6 Å². The maximum atomic E-state index is 15.0. The normalized spacial score (nSPS) is 27.6. The number of rotatable bonds is 4. The SMILES string of the molecule is Cc1ncc2n1-c1ccc(Cl)cc1C(c1ccccc1F)=N[C@H]2O[C@H]1O[C@@H](C(=O)O)[C@H](O)[C@@H](O)[C@@H]1O. The van der Waals surface area contributed by atoms with Crippen LogP contribution in [0.15, 0.2) is 53.7 Å². The fourth-order valence-electron chi connectivity index (χ4n) is 4.35. The molecule has 1 fully saturated rings. The average Bonchev–Trinajstić information content (AvgIpc) is 3.17. The Morgan fingerprint density at radius 1 is 1.11 bits per heavy atom. The molecule has 0 bridgehead atoms. The molecule has 2 aromatic carbocycles. The van der Waals surface area contributed by atoms with Crippen LogP contribution in [0.3, 0.4) is 0 Å². The van der Waals surface area contributed by atoms with E-state index in [-0.39, 0.29) is 11.3 Å². The highest BCUT2D eigenvalue weighted by atomic mass is 35.5. The van der Waals surface area contributed by atoms with Crippen molar-refractivity contribution in [2.24, 2.45) is 4.99 Å². The zero-order chi connectivity index (χ0) is 25.7. The lowest BCUT2D eigenvalue weighted by atomic mass is 9.99. The number of carbonyl (C=O) groups is 1. The van der Waals surface area contributed by atoms with Gasteiger partial charge >= 0.3 is 5.97 Å². The van der Waals surface area contributed by atoms with Gasteiger partial charge < -0.3 is 29.9 Å². The Kier molecular flexibility index (Phi) is 6.37. The molecule has 0 saturated carbocycles. The van der Waals surface area contributed by atoms with Crippen molar-refractivity contribution in [3.8, 4) is 5.69 Å². The number of benzene rings is 2. The molecule has 36 heavy (non-hydrogen) atoms. The topological polar surface area (TPSA) is 147 Å². The first-order valence-electron chi connectivity index (χ1n) is 10.9. The molecule has 12 heteroatoms. The van der Waals surface area contributed by atoms with Gasteiger partial charge in [0, 0.05) is 16.1 Å². The van der Waals surface area contributed by atoms with Crippen molar-refractivity contribution in [2.45, 2.75) is 43.9 Å². The third-order valence-corrected chi connectivity index (χ3v) is 6.36. The molecule has 10 nitrogen and oxygen atoms in total. The van der Waals surface area contributed by atoms with Crippen LogP contribution in [0.25, 0.3) is 5.69 Å². The monoisotopic (exact) mass is 517 g/mol. The minimum Gasteiger partial charge on any atom is -0.479 e. The molecule has 0 aliphatic carbocycles. The van der Waals surface area contributed by atoms with Crippen molar-refractivity contribution in [1.29, 1.82) is 0 Å². The molecule has 1 saturated heterocycles. The number of carboxylic acids is 1. The Balaban J connectivity index is 1.66. The van der Waals surface area contributed by atoms with E-state index in [1.165, 1.54) is 24.4 Å². The Morgan fingerprint density at radius 2 is 1.86 bits per heavy atom. The molecular weight excluding hydrogens is 497 g/mol. The number of aliphatic carboxylic acids is 1. The Morgan fingerprint density at radius 3 is 2.58 bits per heavy atom. The summed E-state index contributed by atoms with van der Waals surface area (Å²) in [6.45, 7) is 1.74. The standard InChI is InChI=1S/C24H21ClFN3O7/c1-10-27-9-16-22(36-24-20(32)18(30)19(31)21(35-24)23(33)34)28-17(12-4-2-3-5-14(12)26)13-8-11(25)6-7-15(13)29(10)16/h2-9,18-22,24,30-32H,1H3,(H,33,34)/t18-,19-,20+,21-,22+,24-/m1/s1. The van der Waals surface area contributed by atoms with Gasteiger partial charge in [0.15, 0.2) is 18.6 Å². The number of aliphatic imine (C=N–C) groups is 1. The molecule has 0 radical (unpaired) electrons. The number of aliphatic hydroxyl groups is 3. The summed E-state index contributed by atoms with van der Waals surface area (Å²) >= 11 is 6.28. The van der Waals surface area contributed by atoms with Crippen LogP contribution in [-0.4, -0.2) is 72.4 Å². The predicted octanol–water partition coefficient (Wildman–Crippen LogP) is 1.73. The summed E-state index contributed by atoms with van der Waals surface area (Å²) in [5, 5.41) is 40.5. The maximum Gasteiger partial charge on any atom is 0.335 e. The van der Waals surface area contributed by atoms with Gasteiger partial charge in [-0.15, -0.1) is 0 Å². The third kappa shape index (κ3) is 4.09. The quantitative estimate of drug-likeness (QED) is 0.409. The number of aliphatic hydroxyl groups excluding tert-OH is 3. The van der Waals surface area contributed by atoms with Gasteiger partial charge in [0.05, 0.1) is 23.3 Å². The van der Waals surface area contributed by atoms with Crippen molar-refractivity contribution in [2.75, 3.05) is 0 Å². The van der Waals surface area contributed by atoms with E-state index in [0.717, 1.165) is 0 Å². The van der Waals surface area contributed by atoms with Crippen LogP contribution in [0.1, 0.15) is 28.9 Å². The fourth-order valence-corrected chi connectivity index (χ4v) is 4.53. The van der Waals surface area contributed by atoms with Crippen LogP contribution in [0.5, 0.6) is 0 Å². The molecule has 0 spiro atoms. The smallest absolute Gasteiger partial charge is 0.335 e. The van der Waals surface area contributed by atoms with Crippen LogP contribution in [0.2, 0.25) is 5.02 Å². The molecule has 2 aliphatic heterocycles. The number of fused-ring (bicyclic) bond motifs is 3. The number of halogens is 2. The summed E-state index contributed by atoms with van der Waals surface area (Å²) in [4.78, 5) is 20.5. The lowest BCUT2D eigenvalue weighted by Crippen LogP contribution is -2.60. The molecule has 188 valence electrons. The van der Waals surface area contributed by atoms with E-state index in [1.54, 1.807) is 35.8 Å². The number of nitrogens with zero attached hydrogens (tertiary/aromatic N) is 3. The highest BCUT2D eigenvalue weighted by Gasteiger charge is 2.48. The summed E-state index contributed by atoms with van der Waals surface area (Å²) in [6.07, 6.45) is -8.94. The number of hydrogen-bond acceptors (Lipinski definition) is 8. The number of hydrogen-bond donors (Lipinski definition) is 4. The highest BCUT2D eigenvalue weighted by molar-refractivity contribution is 6.31. The third-order valence-electron chi connectivity index (χ3n) is 6.12. The number of aromatic nitrogens is 2. The minimum atomic E-state index is -1.89. The molecule has 0 amide bonds. The van der Waals surface area contributed by atoms with Gasteiger partial charge in [-0.05, 0) is 37.3 Å². The molecule has 4 N–H and O–H groups in total. The van der Waals surface area contributed by atoms with Gasteiger partial charge in [-0.25, -0.2) is 19.2 Å². The number of ether oxygens (including phenoxy) is 2. The van der Waals surface area contributed by atoms with Crippen molar-refractivity contribution in [3.63, 3.8) is 0 Å². The first kappa shape index (κ1) is 24.5. The summed E-state index contributed by atoms with van der Waals surface area (Å²) in [6, 6.07) is 11.0. The number of imidazole rings is 1. The molecule has 5 rings (SSSR count). The number of carboxylic acid groups (broad SMARTS) is 1. The second kappa shape index (κ2) is 9.36. The van der Waals surface area contributed by atoms with Gasteiger partial charge in [-0.2, -0.15) is 0 Å². The van der Waals surface area contributed by atoms with Gasteiger partial charge in [-0.1, -0.05) is 23.7 Å². The van der Waals surface area contributed by atoms with E-state index in [0.29, 0.717) is 27.8 Å². The molecule has 0 unspecified atom stereocenters. The Labute approximate surface area is 208 Å². The summed E-state index contributed by atoms with van der Waals surface area (Å²) < 4.78 is 27.9. The second-order valence-electron chi connectivity index (χ2n) is 8.41. The van der Waals surface area contributed by atoms with Crippen LogP contribution < -0.4 is 0 Å². The largest absolute Gasteiger partial charge is 0.479 e. The van der Waals surface area contributed by atoms with Crippen molar-refractivity contribution in [1.82, 2.24) is 9.55 Å². The fraction of sp³-hybridized carbons (Fsp3) is 0.292. The van der Waals surface area contributed by atoms with Crippen LogP contribution >= 0.6 is 11.6 Å². The van der Waals surface area contributed by atoms with E-state index in [1.807, 2.05) is 0 Å². The minimum absolute atomic E-state index is 0.148. The zero-order valence-electron chi connectivity index (χ0n) is 18.7. The van der Waals surface area contributed by atoms with E-state index < -0.39 is 48.7 Å². The maximum absolute atomic E-state index is 15.0. The molecule has 1 aromatic heterocycles. The molecule has 6 atom stereocenters. The summed E-state index contributed by atoms with van der Waals surface area (Å²) in [7, 11) is 0. The van der Waals surface area contributed by atoms with Crippen LogP contribution in [-0.2, 0) is 14.3 Å². The molecular formula is C24H21ClFN3O7. The second-order valence-corrected chi connectivity index (χ2v) is 8.84. The summed E-state index contributed by atoms with van der Waals surface area (Å²) in [5.41, 5.74) is 1.76.